The van der Waals surface area contributed by atoms with Crippen LogP contribution in [-0.2, 0) is 9.53 Å². The SMILES string of the molecule is C[C@@H]1CC[C@H](CCC(=O)N[C@H](C)[C@H](O)c2c(F)cccc2Cl)O1. The van der Waals surface area contributed by atoms with Crippen LogP contribution in [0.15, 0.2) is 18.2 Å². The molecular weight excluding hydrogens is 321 g/mol. The molecule has 0 unspecified atom stereocenters. The van der Waals surface area contributed by atoms with Crippen molar-refractivity contribution < 1.29 is 19.0 Å². The average molecular weight is 344 g/mol. The number of benzene rings is 1. The van der Waals surface area contributed by atoms with Crippen LogP contribution in [0.2, 0.25) is 5.02 Å². The van der Waals surface area contributed by atoms with Crippen molar-refractivity contribution in [2.45, 2.75) is 63.9 Å². The summed E-state index contributed by atoms with van der Waals surface area (Å²) in [6.45, 7) is 3.65. The molecule has 1 amide bonds. The summed E-state index contributed by atoms with van der Waals surface area (Å²) in [7, 11) is 0. The van der Waals surface area contributed by atoms with Crippen molar-refractivity contribution in [2.24, 2.45) is 0 Å². The first-order chi connectivity index (χ1) is 10.9. The van der Waals surface area contributed by atoms with Gasteiger partial charge in [0.05, 0.1) is 18.2 Å². The van der Waals surface area contributed by atoms with Crippen LogP contribution in [-0.4, -0.2) is 29.3 Å². The number of ether oxygens (including phenoxy) is 1. The Bertz CT molecular complexity index is 534. The van der Waals surface area contributed by atoms with E-state index >= 15 is 0 Å². The first-order valence-electron chi connectivity index (χ1n) is 7.95. The minimum absolute atomic E-state index is 0.00918. The molecule has 4 atom stereocenters. The molecule has 0 aliphatic carbocycles. The first-order valence-corrected chi connectivity index (χ1v) is 8.33. The number of aliphatic hydroxyl groups is 1. The van der Waals surface area contributed by atoms with E-state index in [9.17, 15) is 14.3 Å². The minimum Gasteiger partial charge on any atom is -0.386 e. The number of rotatable bonds is 6. The second-order valence-electron chi connectivity index (χ2n) is 6.12. The molecule has 0 bridgehead atoms. The van der Waals surface area contributed by atoms with E-state index in [4.69, 9.17) is 16.3 Å². The molecular formula is C17H23ClFNO3. The van der Waals surface area contributed by atoms with E-state index in [1.54, 1.807) is 6.92 Å². The molecule has 0 spiro atoms. The summed E-state index contributed by atoms with van der Waals surface area (Å²) >= 11 is 5.94. The number of hydrogen-bond donors (Lipinski definition) is 2. The second-order valence-corrected chi connectivity index (χ2v) is 6.53. The summed E-state index contributed by atoms with van der Waals surface area (Å²) < 4.78 is 19.5. The van der Waals surface area contributed by atoms with Crippen LogP contribution in [0.1, 0.15) is 51.2 Å². The fourth-order valence-corrected chi connectivity index (χ4v) is 3.11. The maximum atomic E-state index is 13.8. The Morgan fingerprint density at radius 2 is 2.26 bits per heavy atom. The van der Waals surface area contributed by atoms with Crippen molar-refractivity contribution in [2.75, 3.05) is 0 Å². The molecule has 1 aliphatic rings. The van der Waals surface area contributed by atoms with Gasteiger partial charge < -0.3 is 15.2 Å². The molecule has 2 N–H and O–H groups in total. The topological polar surface area (TPSA) is 58.6 Å². The Morgan fingerprint density at radius 1 is 1.52 bits per heavy atom. The molecule has 6 heteroatoms. The van der Waals surface area contributed by atoms with E-state index in [1.807, 2.05) is 6.92 Å². The lowest BCUT2D eigenvalue weighted by atomic mass is 10.0. The predicted molar refractivity (Wildman–Crippen MR) is 86.8 cm³/mol. The zero-order chi connectivity index (χ0) is 17.0. The molecule has 1 fully saturated rings. The van der Waals surface area contributed by atoms with Gasteiger partial charge in [-0.05, 0) is 45.2 Å². The van der Waals surface area contributed by atoms with Gasteiger partial charge in [-0.1, -0.05) is 17.7 Å². The highest BCUT2D eigenvalue weighted by Crippen LogP contribution is 2.28. The molecule has 1 saturated heterocycles. The van der Waals surface area contributed by atoms with Gasteiger partial charge in [0.2, 0.25) is 5.91 Å². The fourth-order valence-electron chi connectivity index (χ4n) is 2.84. The molecule has 1 aliphatic heterocycles. The maximum absolute atomic E-state index is 13.8. The Hall–Kier alpha value is -1.17. The van der Waals surface area contributed by atoms with Gasteiger partial charge in [0.25, 0.3) is 0 Å². The molecule has 0 saturated carbocycles. The molecule has 0 aromatic heterocycles. The van der Waals surface area contributed by atoms with Crippen LogP contribution >= 0.6 is 11.6 Å². The summed E-state index contributed by atoms with van der Waals surface area (Å²) in [5.74, 6) is -0.772. The van der Waals surface area contributed by atoms with Gasteiger partial charge in [-0.3, -0.25) is 4.79 Å². The Labute approximate surface area is 141 Å². The van der Waals surface area contributed by atoms with Crippen LogP contribution in [0.3, 0.4) is 0 Å². The van der Waals surface area contributed by atoms with Crippen molar-refractivity contribution in [1.82, 2.24) is 5.32 Å². The van der Waals surface area contributed by atoms with Gasteiger partial charge in [-0.15, -0.1) is 0 Å². The van der Waals surface area contributed by atoms with Crippen LogP contribution in [0.4, 0.5) is 4.39 Å². The normalized spacial score (nSPS) is 23.5. The quantitative estimate of drug-likeness (QED) is 0.832. The molecule has 2 rings (SSSR count). The van der Waals surface area contributed by atoms with Crippen LogP contribution in [0.5, 0.6) is 0 Å². The number of halogens is 2. The third kappa shape index (κ3) is 4.90. The van der Waals surface area contributed by atoms with E-state index in [0.717, 1.165) is 12.8 Å². The van der Waals surface area contributed by atoms with Gasteiger partial charge in [-0.2, -0.15) is 0 Å². The summed E-state index contributed by atoms with van der Waals surface area (Å²) in [5.41, 5.74) is 0.00918. The highest BCUT2D eigenvalue weighted by atomic mass is 35.5. The lowest BCUT2D eigenvalue weighted by Gasteiger charge is -2.22. The largest absolute Gasteiger partial charge is 0.386 e. The summed E-state index contributed by atoms with van der Waals surface area (Å²) in [4.78, 5) is 12.0. The number of amides is 1. The Balaban J connectivity index is 1.85. The molecule has 128 valence electrons. The lowest BCUT2D eigenvalue weighted by Crippen LogP contribution is -2.37. The highest BCUT2D eigenvalue weighted by molar-refractivity contribution is 6.31. The Morgan fingerprint density at radius 3 is 2.87 bits per heavy atom. The van der Waals surface area contributed by atoms with E-state index in [-0.39, 0.29) is 28.7 Å². The van der Waals surface area contributed by atoms with E-state index in [1.165, 1.54) is 18.2 Å². The minimum atomic E-state index is -1.20. The van der Waals surface area contributed by atoms with Crippen LogP contribution in [0, 0.1) is 5.82 Å². The van der Waals surface area contributed by atoms with Crippen molar-refractivity contribution in [3.05, 3.63) is 34.6 Å². The lowest BCUT2D eigenvalue weighted by molar-refractivity contribution is -0.123. The van der Waals surface area contributed by atoms with Gasteiger partial charge >= 0.3 is 0 Å². The molecule has 4 nitrogen and oxygen atoms in total. The number of nitrogens with one attached hydrogen (secondary N) is 1. The van der Waals surface area contributed by atoms with Gasteiger partial charge in [-0.25, -0.2) is 4.39 Å². The Kier molecular flexibility index (Phi) is 6.39. The zero-order valence-electron chi connectivity index (χ0n) is 13.4. The molecule has 1 heterocycles. The van der Waals surface area contributed by atoms with E-state index < -0.39 is 18.0 Å². The summed E-state index contributed by atoms with van der Waals surface area (Å²) in [6.07, 6.45) is 2.14. The maximum Gasteiger partial charge on any atom is 0.220 e. The highest BCUT2D eigenvalue weighted by Gasteiger charge is 2.25. The van der Waals surface area contributed by atoms with Gasteiger partial charge in [0.15, 0.2) is 0 Å². The van der Waals surface area contributed by atoms with Gasteiger partial charge in [0, 0.05) is 17.0 Å². The molecule has 0 radical (unpaired) electrons. The van der Waals surface area contributed by atoms with Crippen LogP contribution in [0.25, 0.3) is 0 Å². The van der Waals surface area contributed by atoms with E-state index in [0.29, 0.717) is 12.8 Å². The number of carbonyl (C=O) groups excluding carboxylic acids is 1. The smallest absolute Gasteiger partial charge is 0.220 e. The second kappa shape index (κ2) is 8.08. The molecule has 1 aromatic carbocycles. The third-order valence-corrected chi connectivity index (χ3v) is 4.50. The fraction of sp³-hybridized carbons (Fsp3) is 0.588. The van der Waals surface area contributed by atoms with E-state index in [2.05, 4.69) is 5.32 Å². The zero-order valence-corrected chi connectivity index (χ0v) is 14.1. The summed E-state index contributed by atoms with van der Waals surface area (Å²) in [5, 5.41) is 13.1. The molecule has 1 aromatic rings. The number of aliphatic hydroxyl groups excluding tert-OH is 1. The summed E-state index contributed by atoms with van der Waals surface area (Å²) in [6, 6.07) is 3.58. The van der Waals surface area contributed by atoms with Crippen molar-refractivity contribution in [3.8, 4) is 0 Å². The van der Waals surface area contributed by atoms with Crippen molar-refractivity contribution in [1.29, 1.82) is 0 Å². The van der Waals surface area contributed by atoms with Crippen molar-refractivity contribution in [3.63, 3.8) is 0 Å². The third-order valence-electron chi connectivity index (χ3n) is 4.17. The van der Waals surface area contributed by atoms with Gasteiger partial charge in [0.1, 0.15) is 11.9 Å². The first kappa shape index (κ1) is 18.2. The average Bonchev–Trinajstić information content (AvgIpc) is 2.90. The number of hydrogen-bond acceptors (Lipinski definition) is 3. The predicted octanol–water partition coefficient (Wildman–Crippen LogP) is 3.36. The standard InChI is InChI=1S/C17H23ClFNO3/c1-10-6-7-12(23-10)8-9-15(21)20-11(2)17(22)16-13(18)4-3-5-14(16)19/h3-5,10-12,17,22H,6-9H2,1-2H3,(H,20,21)/t10-,11-,12-,17+/m1/s1. The van der Waals surface area contributed by atoms with Crippen LogP contribution < -0.4 is 5.32 Å². The van der Waals surface area contributed by atoms with Crippen molar-refractivity contribution >= 4 is 17.5 Å². The number of carbonyl (C=O) groups is 1. The molecule has 23 heavy (non-hydrogen) atoms. The monoisotopic (exact) mass is 343 g/mol.